The van der Waals surface area contributed by atoms with Gasteiger partial charge in [-0.2, -0.15) is 11.8 Å². The number of nitrogens with zero attached hydrogens (tertiary/aromatic N) is 1. The first kappa shape index (κ1) is 18.5. The molecule has 0 fully saturated rings. The van der Waals surface area contributed by atoms with Crippen molar-refractivity contribution in [1.29, 1.82) is 0 Å². The van der Waals surface area contributed by atoms with Gasteiger partial charge in [-0.25, -0.2) is 4.39 Å². The summed E-state index contributed by atoms with van der Waals surface area (Å²) in [6.07, 6.45) is 4.37. The lowest BCUT2D eigenvalue weighted by molar-refractivity contribution is 0.242. The maximum atomic E-state index is 14.0. The molecule has 1 unspecified atom stereocenters. The molecule has 0 heterocycles. The Bertz CT molecular complexity index is 412. The number of hydrogen-bond acceptors (Lipinski definition) is 3. The zero-order chi connectivity index (χ0) is 15.7. The van der Waals surface area contributed by atoms with Crippen molar-refractivity contribution in [1.82, 2.24) is 10.2 Å². The third-order valence-corrected chi connectivity index (χ3v) is 4.42. The Kier molecular flexibility index (Phi) is 8.97. The molecule has 1 atom stereocenters. The Hall–Kier alpha value is -0.580. The van der Waals surface area contributed by atoms with Gasteiger partial charge in [0.1, 0.15) is 5.82 Å². The number of halogens is 1. The molecule has 1 aromatic carbocycles. The van der Waals surface area contributed by atoms with Gasteiger partial charge in [-0.3, -0.25) is 4.90 Å². The van der Waals surface area contributed by atoms with Crippen LogP contribution in [0, 0.1) is 5.82 Å². The van der Waals surface area contributed by atoms with Crippen molar-refractivity contribution in [2.24, 2.45) is 0 Å². The van der Waals surface area contributed by atoms with E-state index in [4.69, 9.17) is 0 Å². The fourth-order valence-corrected chi connectivity index (χ4v) is 2.78. The number of benzene rings is 1. The van der Waals surface area contributed by atoms with Gasteiger partial charge >= 0.3 is 0 Å². The van der Waals surface area contributed by atoms with Gasteiger partial charge < -0.3 is 5.32 Å². The summed E-state index contributed by atoms with van der Waals surface area (Å²) >= 11 is 1.86. The zero-order valence-corrected chi connectivity index (χ0v) is 14.6. The Morgan fingerprint density at radius 1 is 1.38 bits per heavy atom. The molecule has 120 valence electrons. The second kappa shape index (κ2) is 10.2. The molecule has 0 bridgehead atoms. The van der Waals surface area contributed by atoms with Gasteiger partial charge in [0.15, 0.2) is 0 Å². The Morgan fingerprint density at radius 2 is 2.14 bits per heavy atom. The van der Waals surface area contributed by atoms with Gasteiger partial charge in [-0.05, 0) is 57.0 Å². The van der Waals surface area contributed by atoms with Crippen LogP contribution >= 0.6 is 11.8 Å². The quantitative estimate of drug-likeness (QED) is 0.660. The monoisotopic (exact) mass is 312 g/mol. The molecule has 1 rings (SSSR count). The summed E-state index contributed by atoms with van der Waals surface area (Å²) < 4.78 is 14.0. The maximum absolute atomic E-state index is 14.0. The summed E-state index contributed by atoms with van der Waals surface area (Å²) in [5.74, 6) is 1.05. The van der Waals surface area contributed by atoms with E-state index in [1.165, 1.54) is 0 Å². The third-order valence-electron chi connectivity index (χ3n) is 3.78. The largest absolute Gasteiger partial charge is 0.313 e. The minimum Gasteiger partial charge on any atom is -0.313 e. The van der Waals surface area contributed by atoms with Crippen LogP contribution < -0.4 is 5.32 Å². The molecule has 0 saturated carbocycles. The normalized spacial score (nSPS) is 12.9. The molecule has 1 N–H and O–H groups in total. The molecule has 1 aromatic rings. The topological polar surface area (TPSA) is 15.3 Å². The number of rotatable bonds is 10. The molecule has 0 radical (unpaired) electrons. The Labute approximate surface area is 133 Å². The molecule has 0 aromatic heterocycles. The van der Waals surface area contributed by atoms with E-state index in [2.05, 4.69) is 37.4 Å². The summed E-state index contributed by atoms with van der Waals surface area (Å²) in [7, 11) is 2.08. The van der Waals surface area contributed by atoms with Crippen molar-refractivity contribution in [2.45, 2.75) is 45.8 Å². The van der Waals surface area contributed by atoms with Crippen LogP contribution in [0.25, 0.3) is 0 Å². The van der Waals surface area contributed by atoms with Gasteiger partial charge in [0.25, 0.3) is 0 Å². The highest BCUT2D eigenvalue weighted by Crippen LogP contribution is 2.15. The van der Waals surface area contributed by atoms with Crippen LogP contribution in [-0.4, -0.2) is 36.5 Å². The van der Waals surface area contributed by atoms with E-state index in [-0.39, 0.29) is 5.82 Å². The summed E-state index contributed by atoms with van der Waals surface area (Å²) in [6.45, 7) is 6.84. The number of thioether (sulfide) groups is 1. The van der Waals surface area contributed by atoms with E-state index in [0.29, 0.717) is 12.6 Å². The van der Waals surface area contributed by atoms with Crippen LogP contribution in [-0.2, 0) is 13.1 Å². The van der Waals surface area contributed by atoms with Gasteiger partial charge in [0, 0.05) is 24.7 Å². The van der Waals surface area contributed by atoms with Crippen LogP contribution in [0.1, 0.15) is 37.8 Å². The fourth-order valence-electron chi connectivity index (χ4n) is 2.20. The Balaban J connectivity index is 2.61. The molecule has 4 heteroatoms. The minimum atomic E-state index is -0.0989. The molecule has 0 aliphatic heterocycles. The first-order chi connectivity index (χ1) is 10.1. The van der Waals surface area contributed by atoms with E-state index in [1.54, 1.807) is 6.07 Å². The third kappa shape index (κ3) is 6.81. The average Bonchev–Trinajstić information content (AvgIpc) is 2.48. The standard InChI is InChI=1S/C17H29FN2S/c1-5-9-19-12-15-6-7-17(18)16(11-15)13-20(3)14(2)8-10-21-4/h6-7,11,14,19H,5,8-10,12-13H2,1-4H3. The lowest BCUT2D eigenvalue weighted by Crippen LogP contribution is -2.29. The first-order valence-electron chi connectivity index (χ1n) is 7.75. The van der Waals surface area contributed by atoms with Crippen molar-refractivity contribution in [3.05, 3.63) is 35.1 Å². The van der Waals surface area contributed by atoms with Gasteiger partial charge in [-0.1, -0.05) is 19.1 Å². The van der Waals surface area contributed by atoms with Crippen LogP contribution in [0.15, 0.2) is 18.2 Å². The van der Waals surface area contributed by atoms with E-state index in [0.717, 1.165) is 42.8 Å². The van der Waals surface area contributed by atoms with Gasteiger partial charge in [0.2, 0.25) is 0 Å². The fraction of sp³-hybridized carbons (Fsp3) is 0.647. The van der Waals surface area contributed by atoms with Gasteiger partial charge in [0.05, 0.1) is 0 Å². The van der Waals surface area contributed by atoms with Crippen LogP contribution in [0.3, 0.4) is 0 Å². The first-order valence-corrected chi connectivity index (χ1v) is 9.15. The van der Waals surface area contributed by atoms with Gasteiger partial charge in [-0.15, -0.1) is 0 Å². The van der Waals surface area contributed by atoms with Crippen molar-refractivity contribution in [2.75, 3.05) is 25.6 Å². The van der Waals surface area contributed by atoms with E-state index in [9.17, 15) is 4.39 Å². The van der Waals surface area contributed by atoms with Crippen molar-refractivity contribution in [3.63, 3.8) is 0 Å². The highest BCUT2D eigenvalue weighted by atomic mass is 32.2. The molecular weight excluding hydrogens is 283 g/mol. The summed E-state index contributed by atoms with van der Waals surface area (Å²) in [5.41, 5.74) is 1.95. The summed E-state index contributed by atoms with van der Waals surface area (Å²) in [4.78, 5) is 2.23. The van der Waals surface area contributed by atoms with Crippen LogP contribution in [0.5, 0.6) is 0 Å². The van der Waals surface area contributed by atoms with Crippen molar-refractivity contribution in [3.8, 4) is 0 Å². The SMILES string of the molecule is CCCNCc1ccc(F)c(CN(C)C(C)CCSC)c1. The lowest BCUT2D eigenvalue weighted by atomic mass is 10.1. The lowest BCUT2D eigenvalue weighted by Gasteiger charge is -2.25. The highest BCUT2D eigenvalue weighted by molar-refractivity contribution is 7.98. The van der Waals surface area contributed by atoms with E-state index >= 15 is 0 Å². The molecular formula is C17H29FN2S. The average molecular weight is 312 g/mol. The predicted octanol–water partition coefficient (Wildman–Crippen LogP) is 3.90. The Morgan fingerprint density at radius 3 is 2.81 bits per heavy atom. The van der Waals surface area contributed by atoms with Crippen LogP contribution in [0.4, 0.5) is 4.39 Å². The minimum absolute atomic E-state index is 0.0989. The molecule has 0 aliphatic rings. The van der Waals surface area contributed by atoms with E-state index in [1.807, 2.05) is 23.9 Å². The number of hydrogen-bond donors (Lipinski definition) is 1. The molecule has 0 amide bonds. The van der Waals surface area contributed by atoms with Crippen molar-refractivity contribution >= 4 is 11.8 Å². The summed E-state index contributed by atoms with van der Waals surface area (Å²) in [5, 5.41) is 3.36. The number of nitrogens with one attached hydrogen (secondary N) is 1. The summed E-state index contributed by atoms with van der Waals surface area (Å²) in [6, 6.07) is 5.94. The van der Waals surface area contributed by atoms with E-state index < -0.39 is 0 Å². The molecule has 0 saturated heterocycles. The van der Waals surface area contributed by atoms with Crippen molar-refractivity contribution < 1.29 is 4.39 Å². The maximum Gasteiger partial charge on any atom is 0.127 e. The molecule has 21 heavy (non-hydrogen) atoms. The highest BCUT2D eigenvalue weighted by Gasteiger charge is 2.12. The second-order valence-electron chi connectivity index (χ2n) is 5.65. The smallest absolute Gasteiger partial charge is 0.127 e. The molecule has 2 nitrogen and oxygen atoms in total. The van der Waals surface area contributed by atoms with Crippen LogP contribution in [0.2, 0.25) is 0 Å². The molecule has 0 aliphatic carbocycles. The second-order valence-corrected chi connectivity index (χ2v) is 6.63. The molecule has 0 spiro atoms. The predicted molar refractivity (Wildman–Crippen MR) is 92.3 cm³/mol. The zero-order valence-electron chi connectivity index (χ0n) is 13.8.